The van der Waals surface area contributed by atoms with Crippen molar-refractivity contribution in [1.29, 1.82) is 10.5 Å². The Hall–Kier alpha value is -4.37. The van der Waals surface area contributed by atoms with Crippen molar-refractivity contribution in [2.24, 2.45) is 5.41 Å². The number of benzene rings is 3. The Kier molecular flexibility index (Phi) is 3.92. The predicted molar refractivity (Wildman–Crippen MR) is 128 cm³/mol. The molecule has 1 atom stereocenters. The minimum atomic E-state index is -1.51. The van der Waals surface area contributed by atoms with E-state index >= 15 is 0 Å². The molecule has 34 heavy (non-hydrogen) atoms. The molecule has 0 radical (unpaired) electrons. The average molecular weight is 441 g/mol. The number of anilines is 1. The van der Waals surface area contributed by atoms with Crippen molar-refractivity contribution in [2.45, 2.75) is 11.0 Å². The lowest BCUT2D eigenvalue weighted by Crippen LogP contribution is -2.61. The molecule has 0 unspecified atom stereocenters. The summed E-state index contributed by atoms with van der Waals surface area (Å²) in [4.78, 5) is 18.2. The number of fused-ring (bicyclic) bond motifs is 8. The van der Waals surface area contributed by atoms with Crippen LogP contribution in [0.25, 0.3) is 11.1 Å². The zero-order valence-electron chi connectivity index (χ0n) is 18.6. The number of carbonyl (C=O) groups excluding carboxylic acids is 1. The van der Waals surface area contributed by atoms with Gasteiger partial charge in [-0.2, -0.15) is 10.5 Å². The van der Waals surface area contributed by atoms with Crippen molar-refractivity contribution < 1.29 is 4.79 Å². The fourth-order valence-corrected chi connectivity index (χ4v) is 6.95. The number of hydrogen-bond donors (Lipinski definition) is 0. The van der Waals surface area contributed by atoms with Gasteiger partial charge in [-0.15, -0.1) is 6.42 Å². The van der Waals surface area contributed by atoms with E-state index in [2.05, 4.69) is 18.1 Å². The molecule has 2 aliphatic heterocycles. The quantitative estimate of drug-likeness (QED) is 0.540. The number of nitrogens with zero attached hydrogens (tertiary/aromatic N) is 4. The van der Waals surface area contributed by atoms with Gasteiger partial charge in [0.15, 0.2) is 5.41 Å². The van der Waals surface area contributed by atoms with Crippen LogP contribution in [0.3, 0.4) is 0 Å². The normalized spacial score (nSPS) is 22.6. The molecule has 5 heteroatoms. The Morgan fingerprint density at radius 2 is 1.41 bits per heavy atom. The Balaban J connectivity index is 1.87. The third kappa shape index (κ3) is 1.86. The average Bonchev–Trinajstić information content (AvgIpc) is 3.41. The molecule has 162 valence electrons. The highest BCUT2D eigenvalue weighted by Gasteiger charge is 2.80. The monoisotopic (exact) mass is 440 g/mol. The Morgan fingerprint density at radius 1 is 0.882 bits per heavy atom. The summed E-state index contributed by atoms with van der Waals surface area (Å²) in [5.41, 5.74) is 0.980. The van der Waals surface area contributed by atoms with Crippen LogP contribution in [0, 0.1) is 40.4 Å². The van der Waals surface area contributed by atoms with Gasteiger partial charge in [-0.1, -0.05) is 72.7 Å². The lowest BCUT2D eigenvalue weighted by Gasteiger charge is -2.47. The highest BCUT2D eigenvalue weighted by atomic mass is 16.2. The largest absolute Gasteiger partial charge is 0.298 e. The fraction of sp³-hybridized carbons (Fsp3) is 0.207. The predicted octanol–water partition coefficient (Wildman–Crippen LogP) is 3.81. The van der Waals surface area contributed by atoms with Crippen LogP contribution >= 0.6 is 0 Å². The molecule has 3 aromatic carbocycles. The van der Waals surface area contributed by atoms with Gasteiger partial charge in [0.2, 0.25) is 0 Å². The molecule has 1 amide bonds. The molecule has 1 saturated heterocycles. The van der Waals surface area contributed by atoms with Crippen molar-refractivity contribution in [3.63, 3.8) is 0 Å². The zero-order valence-corrected chi connectivity index (χ0v) is 18.6. The number of amides is 1. The van der Waals surface area contributed by atoms with Gasteiger partial charge in [0.05, 0.1) is 29.8 Å². The van der Waals surface area contributed by atoms with Crippen LogP contribution in [-0.2, 0) is 15.7 Å². The second-order valence-corrected chi connectivity index (χ2v) is 9.15. The number of hydrogen-bond acceptors (Lipinski definition) is 4. The van der Waals surface area contributed by atoms with Crippen molar-refractivity contribution in [1.82, 2.24) is 4.90 Å². The first-order valence-electron chi connectivity index (χ1n) is 11.1. The second kappa shape index (κ2) is 6.58. The number of likely N-dealkylation sites (N-methyl/N-ethyl adjacent to an activating group) is 1. The lowest BCUT2D eigenvalue weighted by atomic mass is 9.52. The van der Waals surface area contributed by atoms with Crippen LogP contribution in [0.2, 0.25) is 0 Å². The van der Waals surface area contributed by atoms with Crippen LogP contribution in [-0.4, -0.2) is 30.9 Å². The number of carbonyl (C=O) groups is 1. The van der Waals surface area contributed by atoms with Crippen molar-refractivity contribution in [2.75, 3.05) is 25.0 Å². The minimum Gasteiger partial charge on any atom is -0.298 e. The molecule has 5 nitrogen and oxygen atoms in total. The van der Waals surface area contributed by atoms with Crippen molar-refractivity contribution >= 4 is 11.6 Å². The van der Waals surface area contributed by atoms with E-state index in [4.69, 9.17) is 6.42 Å². The van der Waals surface area contributed by atoms with E-state index in [1.165, 1.54) is 0 Å². The van der Waals surface area contributed by atoms with Crippen LogP contribution in [0.1, 0.15) is 16.7 Å². The molecule has 3 aromatic rings. The van der Waals surface area contributed by atoms with E-state index in [0.29, 0.717) is 0 Å². The van der Waals surface area contributed by atoms with E-state index in [0.717, 1.165) is 33.5 Å². The molecule has 6 rings (SSSR count). The third-order valence-electron chi connectivity index (χ3n) is 7.95. The SMILES string of the molecule is C#CCN1C(=O)[C@]2(c3ccccc31)N(C)CC(C#N)(C#N)C21c2ccccc2-c2ccccc21. The molecular weight excluding hydrogens is 420 g/mol. The topological polar surface area (TPSA) is 71.1 Å². The molecule has 0 aromatic heterocycles. The summed E-state index contributed by atoms with van der Waals surface area (Å²) in [6, 6.07) is 28.2. The van der Waals surface area contributed by atoms with Crippen LogP contribution in [0.15, 0.2) is 72.8 Å². The summed E-state index contributed by atoms with van der Waals surface area (Å²) in [6.45, 7) is 0.226. The highest BCUT2D eigenvalue weighted by Crippen LogP contribution is 2.72. The van der Waals surface area contributed by atoms with Crippen LogP contribution in [0.4, 0.5) is 5.69 Å². The standard InChI is InChI=1S/C29H20N4O/c1-3-16-33-25-15-9-8-14-24(25)29(26(33)34)28(27(17-30,18-31)19-32(29)2)22-12-6-4-10-20(22)21-11-5-7-13-23(21)28/h1,4-15H,16,19H2,2H3/t29-/m0/s1. The number of rotatable bonds is 1. The van der Waals surface area contributed by atoms with E-state index in [-0.39, 0.29) is 19.0 Å². The molecule has 2 spiro atoms. The second-order valence-electron chi connectivity index (χ2n) is 9.15. The molecule has 1 aliphatic carbocycles. The maximum absolute atomic E-state index is 14.7. The summed E-state index contributed by atoms with van der Waals surface area (Å²) in [7, 11) is 1.84. The Labute approximate surface area is 198 Å². The molecule has 0 bridgehead atoms. The van der Waals surface area contributed by atoms with Crippen LogP contribution in [0.5, 0.6) is 0 Å². The van der Waals surface area contributed by atoms with Gasteiger partial charge >= 0.3 is 0 Å². The van der Waals surface area contributed by atoms with Crippen molar-refractivity contribution in [3.8, 4) is 35.6 Å². The van der Waals surface area contributed by atoms with E-state index in [1.807, 2.05) is 84.7 Å². The van der Waals surface area contributed by atoms with E-state index in [1.54, 1.807) is 4.90 Å². The van der Waals surface area contributed by atoms with E-state index < -0.39 is 16.4 Å². The molecule has 1 fully saturated rings. The summed E-state index contributed by atoms with van der Waals surface area (Å²) in [6.07, 6.45) is 5.69. The molecule has 0 saturated carbocycles. The lowest BCUT2D eigenvalue weighted by molar-refractivity contribution is -0.130. The summed E-state index contributed by atoms with van der Waals surface area (Å²) in [5, 5.41) is 21.4. The Morgan fingerprint density at radius 3 is 1.97 bits per heavy atom. The van der Waals surface area contributed by atoms with Gasteiger partial charge in [0, 0.05) is 12.1 Å². The summed E-state index contributed by atoms with van der Waals surface area (Å²) < 4.78 is 0. The first-order valence-corrected chi connectivity index (χ1v) is 11.1. The first kappa shape index (κ1) is 20.3. The first-order chi connectivity index (χ1) is 16.5. The smallest absolute Gasteiger partial charge is 0.254 e. The van der Waals surface area contributed by atoms with E-state index in [9.17, 15) is 15.3 Å². The highest BCUT2D eigenvalue weighted by molar-refractivity contribution is 6.11. The van der Waals surface area contributed by atoms with Gasteiger partial charge in [-0.25, -0.2) is 0 Å². The molecule has 0 N–H and O–H groups in total. The number of likely N-dealkylation sites (tertiary alicyclic amines) is 1. The maximum Gasteiger partial charge on any atom is 0.254 e. The number of terminal acetylenes is 1. The number of nitriles is 2. The van der Waals surface area contributed by atoms with Gasteiger partial charge in [0.25, 0.3) is 5.91 Å². The van der Waals surface area contributed by atoms with Gasteiger partial charge < -0.3 is 0 Å². The summed E-state index contributed by atoms with van der Waals surface area (Å²) in [5.74, 6) is 2.42. The van der Waals surface area contributed by atoms with Gasteiger partial charge in [0.1, 0.15) is 5.54 Å². The molecule has 3 aliphatic rings. The zero-order chi connectivity index (χ0) is 23.7. The number of para-hydroxylation sites is 1. The summed E-state index contributed by atoms with van der Waals surface area (Å²) >= 11 is 0. The molecule has 2 heterocycles. The third-order valence-corrected chi connectivity index (χ3v) is 7.95. The minimum absolute atomic E-state index is 0.108. The van der Waals surface area contributed by atoms with Crippen LogP contribution < -0.4 is 4.90 Å². The van der Waals surface area contributed by atoms with Gasteiger partial charge in [-0.05, 0) is 35.4 Å². The fourth-order valence-electron chi connectivity index (χ4n) is 6.95. The Bertz CT molecular complexity index is 1460. The van der Waals surface area contributed by atoms with Gasteiger partial charge in [-0.3, -0.25) is 14.6 Å². The van der Waals surface area contributed by atoms with Crippen molar-refractivity contribution in [3.05, 3.63) is 89.5 Å². The maximum atomic E-state index is 14.7. The molecular formula is C29H20N4O.